The first-order valence-corrected chi connectivity index (χ1v) is 9.69. The zero-order valence-electron chi connectivity index (χ0n) is 16.0. The molecule has 0 saturated heterocycles. The van der Waals surface area contributed by atoms with Crippen molar-refractivity contribution in [3.8, 4) is 0 Å². The van der Waals surface area contributed by atoms with Crippen LogP contribution in [0.15, 0.2) is 11.6 Å². The number of aliphatic hydroxyl groups excluding tert-OH is 1. The number of fused-ring (bicyclic) bond motifs is 1. The van der Waals surface area contributed by atoms with Gasteiger partial charge in [-0.25, -0.2) is 4.79 Å². The summed E-state index contributed by atoms with van der Waals surface area (Å²) in [5, 5.41) is 9.89. The average Bonchev–Trinajstić information content (AvgIpc) is 2.82. The highest BCUT2D eigenvalue weighted by Crippen LogP contribution is 2.66. The first-order chi connectivity index (χ1) is 11.1. The maximum absolute atomic E-state index is 11.4. The molecule has 0 aromatic rings. The van der Waals surface area contributed by atoms with Crippen LogP contribution in [0.3, 0.4) is 0 Å². The van der Waals surface area contributed by atoms with Crippen molar-refractivity contribution in [3.05, 3.63) is 11.6 Å². The van der Waals surface area contributed by atoms with Crippen LogP contribution in [0.1, 0.15) is 79.6 Å². The van der Waals surface area contributed by atoms with Crippen molar-refractivity contribution in [1.82, 2.24) is 0 Å². The maximum Gasteiger partial charge on any atom is 0.333 e. The lowest BCUT2D eigenvalue weighted by Crippen LogP contribution is -2.56. The minimum Gasteiger partial charge on any atom is -0.429 e. The van der Waals surface area contributed by atoms with Gasteiger partial charge in [0.2, 0.25) is 6.29 Å². The molecule has 2 saturated carbocycles. The molecule has 3 heteroatoms. The second-order valence-corrected chi connectivity index (χ2v) is 9.70. The summed E-state index contributed by atoms with van der Waals surface area (Å²) >= 11 is 0. The van der Waals surface area contributed by atoms with E-state index in [1.54, 1.807) is 0 Å². The Morgan fingerprint density at radius 2 is 1.92 bits per heavy atom. The van der Waals surface area contributed by atoms with E-state index in [-0.39, 0.29) is 5.41 Å². The number of hydrogen-bond acceptors (Lipinski definition) is 3. The van der Waals surface area contributed by atoms with Crippen LogP contribution in [0.4, 0.5) is 0 Å². The molecule has 1 N–H and O–H groups in total. The van der Waals surface area contributed by atoms with Crippen molar-refractivity contribution < 1.29 is 14.6 Å². The lowest BCUT2D eigenvalue weighted by Gasteiger charge is -2.64. The largest absolute Gasteiger partial charge is 0.429 e. The van der Waals surface area contributed by atoms with Crippen LogP contribution < -0.4 is 0 Å². The highest BCUT2D eigenvalue weighted by molar-refractivity contribution is 5.85. The summed E-state index contributed by atoms with van der Waals surface area (Å²) in [6.07, 6.45) is 8.85. The minimum atomic E-state index is -1.02. The van der Waals surface area contributed by atoms with E-state index in [1.165, 1.54) is 38.2 Å². The Labute approximate surface area is 146 Å². The molecule has 3 aliphatic rings. The van der Waals surface area contributed by atoms with Crippen molar-refractivity contribution in [3.63, 3.8) is 0 Å². The van der Waals surface area contributed by atoms with Gasteiger partial charge >= 0.3 is 5.97 Å². The fourth-order valence-electron chi connectivity index (χ4n) is 6.06. The number of carbonyl (C=O) groups is 1. The van der Waals surface area contributed by atoms with Crippen LogP contribution in [-0.4, -0.2) is 17.4 Å². The van der Waals surface area contributed by atoms with E-state index in [4.69, 9.17) is 4.74 Å². The lowest BCUT2D eigenvalue weighted by atomic mass is 9.41. The van der Waals surface area contributed by atoms with E-state index in [0.29, 0.717) is 22.7 Å². The maximum atomic E-state index is 11.4. The number of esters is 1. The van der Waals surface area contributed by atoms with E-state index in [9.17, 15) is 9.90 Å². The van der Waals surface area contributed by atoms with Gasteiger partial charge in [-0.1, -0.05) is 41.0 Å². The van der Waals surface area contributed by atoms with Crippen LogP contribution in [0.25, 0.3) is 0 Å². The number of rotatable bonds is 3. The van der Waals surface area contributed by atoms with Gasteiger partial charge in [-0.2, -0.15) is 0 Å². The van der Waals surface area contributed by atoms with Crippen LogP contribution in [0, 0.1) is 28.1 Å². The predicted molar refractivity (Wildman–Crippen MR) is 95.1 cm³/mol. The summed E-state index contributed by atoms with van der Waals surface area (Å²) in [4.78, 5) is 11.4. The summed E-state index contributed by atoms with van der Waals surface area (Å²) < 4.78 is 4.86. The van der Waals surface area contributed by atoms with E-state index in [1.807, 2.05) is 0 Å². The third-order valence-electron chi connectivity index (χ3n) is 8.43. The van der Waals surface area contributed by atoms with Gasteiger partial charge in [0.15, 0.2) is 0 Å². The Morgan fingerprint density at radius 3 is 2.54 bits per heavy atom. The van der Waals surface area contributed by atoms with Crippen molar-refractivity contribution in [1.29, 1.82) is 0 Å². The summed E-state index contributed by atoms with van der Waals surface area (Å²) in [5.74, 6) is 0.997. The number of aliphatic hydroxyl groups is 1. The van der Waals surface area contributed by atoms with E-state index in [0.717, 1.165) is 18.4 Å². The molecule has 0 radical (unpaired) electrons. The third-order valence-corrected chi connectivity index (χ3v) is 8.43. The lowest BCUT2D eigenvalue weighted by molar-refractivity contribution is -0.152. The topological polar surface area (TPSA) is 46.5 Å². The Bertz CT molecular complexity index is 549. The molecule has 1 heterocycles. The quantitative estimate of drug-likeness (QED) is 0.751. The number of cyclic esters (lactones) is 1. The second kappa shape index (κ2) is 5.86. The molecule has 3 rings (SSSR count). The standard InChI is InChI=1S/C21H34O3/c1-14-8-12-21(5)16(7-6-10-19(21,2)3)20(14,4)11-9-15-13-17(22)24-18(15)23/h13-14,16,18,23H,6-12H2,1-5H3. The third kappa shape index (κ3) is 2.64. The summed E-state index contributed by atoms with van der Waals surface area (Å²) in [6, 6.07) is 0. The van der Waals surface area contributed by atoms with Crippen LogP contribution in [0.5, 0.6) is 0 Å². The monoisotopic (exact) mass is 334 g/mol. The zero-order valence-corrected chi connectivity index (χ0v) is 16.0. The summed E-state index contributed by atoms with van der Waals surface area (Å²) in [6.45, 7) is 12.3. The molecule has 136 valence electrons. The molecule has 0 aromatic heterocycles. The fraction of sp³-hybridized carbons (Fsp3) is 0.857. The van der Waals surface area contributed by atoms with Gasteiger partial charge in [-0.15, -0.1) is 0 Å². The highest BCUT2D eigenvalue weighted by atomic mass is 16.6. The van der Waals surface area contributed by atoms with E-state index in [2.05, 4.69) is 34.6 Å². The molecule has 2 fully saturated rings. The molecule has 2 aliphatic carbocycles. The Morgan fingerprint density at radius 1 is 1.21 bits per heavy atom. The van der Waals surface area contributed by atoms with Crippen LogP contribution in [-0.2, 0) is 9.53 Å². The van der Waals surface area contributed by atoms with Gasteiger partial charge in [-0.05, 0) is 66.6 Å². The van der Waals surface area contributed by atoms with Gasteiger partial charge in [0.25, 0.3) is 0 Å². The molecule has 1 aliphatic heterocycles. The van der Waals surface area contributed by atoms with Crippen molar-refractivity contribution in [2.75, 3.05) is 0 Å². The molecule has 0 amide bonds. The Balaban J connectivity index is 1.83. The van der Waals surface area contributed by atoms with Gasteiger partial charge in [-0.3, -0.25) is 0 Å². The smallest absolute Gasteiger partial charge is 0.333 e. The Kier molecular flexibility index (Phi) is 4.39. The fourth-order valence-corrected chi connectivity index (χ4v) is 6.06. The second-order valence-electron chi connectivity index (χ2n) is 9.70. The SMILES string of the molecule is CC1CCC2(C)C(CCCC2(C)C)C1(C)CCC1=CC(=O)OC1O. The van der Waals surface area contributed by atoms with Gasteiger partial charge in [0, 0.05) is 11.6 Å². The first-order valence-electron chi connectivity index (χ1n) is 9.69. The zero-order chi connectivity index (χ0) is 17.8. The van der Waals surface area contributed by atoms with Crippen molar-refractivity contribution in [2.24, 2.45) is 28.1 Å². The molecule has 0 bridgehead atoms. The van der Waals surface area contributed by atoms with Crippen LogP contribution in [0.2, 0.25) is 0 Å². The van der Waals surface area contributed by atoms with Gasteiger partial charge in [0.1, 0.15) is 0 Å². The summed E-state index contributed by atoms with van der Waals surface area (Å²) in [7, 11) is 0. The van der Waals surface area contributed by atoms with Crippen molar-refractivity contribution in [2.45, 2.75) is 85.9 Å². The van der Waals surface area contributed by atoms with Crippen molar-refractivity contribution >= 4 is 5.97 Å². The minimum absolute atomic E-state index is 0.261. The average molecular weight is 334 g/mol. The van der Waals surface area contributed by atoms with Gasteiger partial charge < -0.3 is 9.84 Å². The Hall–Kier alpha value is -0.830. The highest BCUT2D eigenvalue weighted by Gasteiger charge is 2.58. The molecule has 5 atom stereocenters. The number of carbonyl (C=O) groups excluding carboxylic acids is 1. The molecule has 0 spiro atoms. The molecular weight excluding hydrogens is 300 g/mol. The molecule has 5 unspecified atom stereocenters. The van der Waals surface area contributed by atoms with Gasteiger partial charge in [0.05, 0.1) is 0 Å². The van der Waals surface area contributed by atoms with E-state index >= 15 is 0 Å². The van der Waals surface area contributed by atoms with E-state index < -0.39 is 12.3 Å². The summed E-state index contributed by atoms with van der Waals surface area (Å²) in [5.41, 5.74) is 1.80. The normalized spacial score (nSPS) is 44.7. The number of hydrogen-bond donors (Lipinski definition) is 1. The molecule has 24 heavy (non-hydrogen) atoms. The first kappa shape index (κ1) is 18.0. The molecular formula is C21H34O3. The molecule has 0 aromatic carbocycles. The number of ether oxygens (including phenoxy) is 1. The molecule has 3 nitrogen and oxygen atoms in total. The predicted octanol–water partition coefficient (Wildman–Crippen LogP) is 4.84. The van der Waals surface area contributed by atoms with Crippen LogP contribution >= 0.6 is 0 Å².